The first-order valence-electron chi connectivity index (χ1n) is 8.48. The number of hydrogen-bond acceptors (Lipinski definition) is 4. The first-order valence-corrected chi connectivity index (χ1v) is 8.48. The van der Waals surface area contributed by atoms with Gasteiger partial charge in [-0.15, -0.1) is 0 Å². The summed E-state index contributed by atoms with van der Waals surface area (Å²) in [6, 6.07) is 9.84. The fraction of sp³-hybridized carbons (Fsp3) is 0.0952. The second-order valence-electron chi connectivity index (χ2n) is 6.61. The van der Waals surface area contributed by atoms with Gasteiger partial charge in [0.2, 0.25) is 0 Å². The van der Waals surface area contributed by atoms with E-state index >= 15 is 0 Å². The van der Waals surface area contributed by atoms with E-state index in [2.05, 4.69) is 4.98 Å². The van der Waals surface area contributed by atoms with E-state index in [9.17, 15) is 4.79 Å². The Balaban J connectivity index is 1.72. The smallest absolute Gasteiger partial charge is 0.262 e. The molecule has 1 aliphatic heterocycles. The molecule has 0 spiro atoms. The van der Waals surface area contributed by atoms with Gasteiger partial charge in [0.1, 0.15) is 0 Å². The topological polar surface area (TPSA) is 72.1 Å². The third-order valence-electron chi connectivity index (χ3n) is 4.93. The highest BCUT2D eigenvalue weighted by atomic mass is 16.2. The summed E-state index contributed by atoms with van der Waals surface area (Å²) < 4.78 is 0. The number of aryl methyl sites for hydroxylation is 1. The molecule has 26 heavy (non-hydrogen) atoms. The van der Waals surface area contributed by atoms with Crippen molar-refractivity contribution in [3.05, 3.63) is 77.3 Å². The molecule has 1 aromatic carbocycles. The first kappa shape index (κ1) is 14.8. The summed E-state index contributed by atoms with van der Waals surface area (Å²) >= 11 is 0. The van der Waals surface area contributed by atoms with E-state index < -0.39 is 0 Å². The molecule has 5 rings (SSSR count). The predicted molar refractivity (Wildman–Crippen MR) is 101 cm³/mol. The molecular formula is C21H16N4O. The lowest BCUT2D eigenvalue weighted by molar-refractivity contribution is 0.0831. The van der Waals surface area contributed by atoms with Crippen molar-refractivity contribution < 1.29 is 4.79 Å². The average Bonchev–Trinajstić information content (AvgIpc) is 2.91. The van der Waals surface area contributed by atoms with Gasteiger partial charge in [-0.3, -0.25) is 9.78 Å². The summed E-state index contributed by atoms with van der Waals surface area (Å²) in [7, 11) is 0. The molecule has 0 atom stereocenters. The Morgan fingerprint density at radius 2 is 2.04 bits per heavy atom. The van der Waals surface area contributed by atoms with Crippen molar-refractivity contribution in [3.63, 3.8) is 0 Å². The van der Waals surface area contributed by atoms with Gasteiger partial charge in [-0.2, -0.15) is 0 Å². The zero-order valence-electron chi connectivity index (χ0n) is 14.2. The number of nitrogens with zero attached hydrogens (tertiary/aromatic N) is 3. The number of benzene rings is 1. The van der Waals surface area contributed by atoms with Gasteiger partial charge in [0.05, 0.1) is 34.7 Å². The molecule has 0 radical (unpaired) electrons. The number of amides is 1. The largest absolute Gasteiger partial charge is 0.397 e. The molecule has 126 valence electrons. The Kier molecular flexibility index (Phi) is 3.00. The van der Waals surface area contributed by atoms with Crippen LogP contribution in [0.25, 0.3) is 22.2 Å². The van der Waals surface area contributed by atoms with Crippen molar-refractivity contribution in [1.82, 2.24) is 14.9 Å². The Labute approximate surface area is 150 Å². The SMILES string of the molecule is Cc1ccc(-c2cccc3c(N)c4c(nc23)CN(C2=CC=C2)C4=O)nc1. The molecular weight excluding hydrogens is 324 g/mol. The molecule has 0 saturated carbocycles. The van der Waals surface area contributed by atoms with Crippen LogP contribution in [-0.2, 0) is 6.54 Å². The molecule has 2 aliphatic rings. The van der Waals surface area contributed by atoms with Crippen LogP contribution in [0, 0.1) is 6.92 Å². The minimum absolute atomic E-state index is 0.0821. The number of rotatable bonds is 2. The number of anilines is 1. The van der Waals surface area contributed by atoms with Gasteiger partial charge in [-0.25, -0.2) is 4.98 Å². The Bertz CT molecular complexity index is 1140. The van der Waals surface area contributed by atoms with Crippen LogP contribution >= 0.6 is 0 Å². The molecule has 2 N–H and O–H groups in total. The molecule has 5 nitrogen and oxygen atoms in total. The van der Waals surface area contributed by atoms with Crippen LogP contribution in [0.4, 0.5) is 5.69 Å². The molecule has 1 aliphatic carbocycles. The normalized spacial score (nSPS) is 15.2. The van der Waals surface area contributed by atoms with Crippen LogP contribution in [-0.4, -0.2) is 20.8 Å². The Hall–Kier alpha value is -3.47. The third-order valence-corrected chi connectivity index (χ3v) is 4.93. The number of aromatic nitrogens is 2. The second-order valence-corrected chi connectivity index (χ2v) is 6.61. The van der Waals surface area contributed by atoms with Gasteiger partial charge < -0.3 is 10.6 Å². The number of carbonyl (C=O) groups is 1. The fourth-order valence-electron chi connectivity index (χ4n) is 3.48. The zero-order valence-corrected chi connectivity index (χ0v) is 14.2. The Morgan fingerprint density at radius 1 is 1.19 bits per heavy atom. The zero-order chi connectivity index (χ0) is 17.8. The second kappa shape index (κ2) is 5.26. The fourth-order valence-corrected chi connectivity index (χ4v) is 3.48. The van der Waals surface area contributed by atoms with Crippen LogP contribution in [0.2, 0.25) is 0 Å². The number of allylic oxidation sites excluding steroid dienone is 3. The molecule has 0 fully saturated rings. The van der Waals surface area contributed by atoms with Crippen LogP contribution < -0.4 is 5.73 Å². The molecule has 0 bridgehead atoms. The number of fused-ring (bicyclic) bond motifs is 2. The van der Waals surface area contributed by atoms with E-state index in [1.807, 2.05) is 61.7 Å². The van der Waals surface area contributed by atoms with Crippen molar-refractivity contribution in [2.75, 3.05) is 5.73 Å². The summed E-state index contributed by atoms with van der Waals surface area (Å²) in [5, 5.41) is 0.789. The first-order chi connectivity index (χ1) is 12.6. The molecule has 5 heteroatoms. The Morgan fingerprint density at radius 3 is 2.73 bits per heavy atom. The van der Waals surface area contributed by atoms with Crippen molar-refractivity contribution in [3.8, 4) is 11.3 Å². The van der Waals surface area contributed by atoms with Crippen molar-refractivity contribution in [1.29, 1.82) is 0 Å². The minimum Gasteiger partial charge on any atom is -0.397 e. The maximum atomic E-state index is 12.8. The summed E-state index contributed by atoms with van der Waals surface area (Å²) in [4.78, 5) is 23.9. The molecule has 3 aromatic rings. The molecule has 1 amide bonds. The van der Waals surface area contributed by atoms with Crippen molar-refractivity contribution in [2.24, 2.45) is 0 Å². The van der Waals surface area contributed by atoms with E-state index in [-0.39, 0.29) is 5.91 Å². The predicted octanol–water partition coefficient (Wildman–Crippen LogP) is 3.60. The third kappa shape index (κ3) is 2.00. The number of hydrogen-bond donors (Lipinski definition) is 1. The van der Waals surface area contributed by atoms with Crippen LogP contribution in [0.15, 0.2) is 60.5 Å². The molecule has 3 heterocycles. The summed E-state index contributed by atoms with van der Waals surface area (Å²) in [6.45, 7) is 2.45. The number of para-hydroxylation sites is 1. The standard InChI is InChI=1S/C21H16N4O/c1-12-8-9-16(23-10-12)14-6-3-7-15-19(22)18-17(24-20(14)15)11-25(21(18)26)13-4-2-5-13/h2-10H,11H2,1H3,(H2,22,24). The van der Waals surface area contributed by atoms with Gasteiger partial charge in [0, 0.05) is 22.8 Å². The van der Waals surface area contributed by atoms with Gasteiger partial charge >= 0.3 is 0 Å². The lowest BCUT2D eigenvalue weighted by Crippen LogP contribution is -2.24. The summed E-state index contributed by atoms with van der Waals surface area (Å²) in [5.41, 5.74) is 12.7. The lowest BCUT2D eigenvalue weighted by atomic mass is 10.0. The molecule has 0 unspecified atom stereocenters. The van der Waals surface area contributed by atoms with Crippen LogP contribution in [0.1, 0.15) is 21.6 Å². The highest BCUT2D eigenvalue weighted by molar-refractivity contribution is 6.11. The van der Waals surface area contributed by atoms with E-state index in [0.717, 1.165) is 39.1 Å². The van der Waals surface area contributed by atoms with Crippen molar-refractivity contribution >= 4 is 22.5 Å². The van der Waals surface area contributed by atoms with Gasteiger partial charge in [-0.1, -0.05) is 30.3 Å². The number of nitrogen functional groups attached to an aromatic ring is 1. The van der Waals surface area contributed by atoms with Crippen LogP contribution in [0.3, 0.4) is 0 Å². The molecule has 2 aromatic heterocycles. The van der Waals surface area contributed by atoms with Crippen LogP contribution in [0.5, 0.6) is 0 Å². The number of pyridine rings is 2. The van der Waals surface area contributed by atoms with Crippen molar-refractivity contribution in [2.45, 2.75) is 13.5 Å². The highest BCUT2D eigenvalue weighted by Gasteiger charge is 2.34. The van der Waals surface area contributed by atoms with E-state index in [1.165, 1.54) is 0 Å². The highest BCUT2D eigenvalue weighted by Crippen LogP contribution is 2.37. The summed E-state index contributed by atoms with van der Waals surface area (Å²) in [5.74, 6) is -0.0821. The van der Waals surface area contributed by atoms with Gasteiger partial charge in [0.25, 0.3) is 5.91 Å². The monoisotopic (exact) mass is 340 g/mol. The van der Waals surface area contributed by atoms with Gasteiger partial charge in [-0.05, 0) is 30.7 Å². The number of carbonyl (C=O) groups excluding carboxylic acids is 1. The molecule has 0 saturated heterocycles. The summed E-state index contributed by atoms with van der Waals surface area (Å²) in [6.07, 6.45) is 7.59. The quantitative estimate of drug-likeness (QED) is 0.774. The van der Waals surface area contributed by atoms with E-state index in [4.69, 9.17) is 10.7 Å². The van der Waals surface area contributed by atoms with E-state index in [0.29, 0.717) is 17.8 Å². The maximum absolute atomic E-state index is 12.8. The van der Waals surface area contributed by atoms with E-state index in [1.54, 1.807) is 4.90 Å². The van der Waals surface area contributed by atoms with Gasteiger partial charge in [0.15, 0.2) is 0 Å². The maximum Gasteiger partial charge on any atom is 0.262 e. The average molecular weight is 340 g/mol. The number of nitrogens with two attached hydrogens (primary N) is 1. The minimum atomic E-state index is -0.0821. The lowest BCUT2D eigenvalue weighted by Gasteiger charge is -2.19.